The summed E-state index contributed by atoms with van der Waals surface area (Å²) in [6.07, 6.45) is 0. The minimum Gasteiger partial charge on any atom is -0.372 e. The Morgan fingerprint density at radius 3 is 2.47 bits per heavy atom. The average molecular weight is 217 g/mol. The van der Waals surface area contributed by atoms with Crippen LogP contribution in [0, 0.1) is 17.5 Å². The van der Waals surface area contributed by atoms with Crippen LogP contribution in [0.4, 0.5) is 13.2 Å². The summed E-state index contributed by atoms with van der Waals surface area (Å²) in [7, 11) is 0. The van der Waals surface area contributed by atoms with Crippen LogP contribution in [0.5, 0.6) is 0 Å². The summed E-state index contributed by atoms with van der Waals surface area (Å²) in [6.45, 7) is 0. The molecule has 1 aromatic carbocycles. The second-order valence-electron chi connectivity index (χ2n) is 2.71. The van der Waals surface area contributed by atoms with E-state index < -0.39 is 39.7 Å². The summed E-state index contributed by atoms with van der Waals surface area (Å²) < 4.78 is 42.4. The highest BCUT2D eigenvalue weighted by atomic mass is 19.2. The Bertz CT molecular complexity index is 658. The molecule has 4 nitrogen and oxygen atoms in total. The number of fused-ring (bicyclic) bond motifs is 1. The molecule has 0 spiro atoms. The molecule has 0 aliphatic rings. The first kappa shape index (κ1) is 9.50. The van der Waals surface area contributed by atoms with Crippen molar-refractivity contribution < 1.29 is 17.6 Å². The Morgan fingerprint density at radius 2 is 1.80 bits per heavy atom. The van der Waals surface area contributed by atoms with E-state index in [0.717, 1.165) is 0 Å². The van der Waals surface area contributed by atoms with Gasteiger partial charge in [0.15, 0.2) is 17.5 Å². The first-order chi connectivity index (χ1) is 7.00. The molecule has 78 valence electrons. The topological polar surface area (TPSA) is 63.1 Å². The van der Waals surface area contributed by atoms with Crippen LogP contribution in [-0.2, 0) is 0 Å². The van der Waals surface area contributed by atoms with Crippen LogP contribution in [0.15, 0.2) is 20.1 Å². The van der Waals surface area contributed by atoms with E-state index in [9.17, 15) is 22.8 Å². The molecule has 15 heavy (non-hydrogen) atoms. The molecule has 7 heteroatoms. The minimum atomic E-state index is -1.79. The third-order valence-corrected chi connectivity index (χ3v) is 1.79. The number of rotatable bonds is 0. The number of nitrogens with one attached hydrogen (secondary N) is 1. The Labute approximate surface area is 79.0 Å². The zero-order valence-electron chi connectivity index (χ0n) is 6.94. The highest BCUT2D eigenvalue weighted by Crippen LogP contribution is 2.17. The molecule has 2 rings (SSSR count). The average Bonchev–Trinajstić information content (AvgIpc) is 2.13. The maximum Gasteiger partial charge on any atom is 0.419 e. The van der Waals surface area contributed by atoms with Gasteiger partial charge >= 0.3 is 11.4 Å². The zero-order chi connectivity index (χ0) is 11.2. The molecule has 2 aromatic rings. The second-order valence-corrected chi connectivity index (χ2v) is 2.71. The quantitative estimate of drug-likeness (QED) is 0.666. The van der Waals surface area contributed by atoms with Gasteiger partial charge in [-0.1, -0.05) is 0 Å². The smallest absolute Gasteiger partial charge is 0.372 e. The molecule has 0 atom stereocenters. The van der Waals surface area contributed by atoms with Crippen molar-refractivity contribution >= 4 is 10.9 Å². The van der Waals surface area contributed by atoms with Gasteiger partial charge in [-0.05, 0) is 0 Å². The molecule has 0 aliphatic carbocycles. The molecule has 0 unspecified atom stereocenters. The van der Waals surface area contributed by atoms with E-state index in [1.165, 1.54) is 0 Å². The van der Waals surface area contributed by atoms with Crippen LogP contribution in [0.25, 0.3) is 10.9 Å². The molecule has 0 aliphatic heterocycles. The van der Waals surface area contributed by atoms with E-state index in [1.54, 1.807) is 0 Å². The van der Waals surface area contributed by atoms with E-state index in [4.69, 9.17) is 0 Å². The predicted octanol–water partition coefficient (Wildman–Crippen LogP) is 0.899. The van der Waals surface area contributed by atoms with Gasteiger partial charge in [0.25, 0.3) is 0 Å². The third kappa shape index (κ3) is 1.32. The molecule has 0 fully saturated rings. The second kappa shape index (κ2) is 2.97. The normalized spacial score (nSPS) is 10.9. The van der Waals surface area contributed by atoms with Gasteiger partial charge in [-0.25, -0.2) is 22.8 Å². The van der Waals surface area contributed by atoms with E-state index in [0.29, 0.717) is 6.07 Å². The fourth-order valence-electron chi connectivity index (χ4n) is 1.16. The van der Waals surface area contributed by atoms with Crippen molar-refractivity contribution in [2.24, 2.45) is 0 Å². The number of benzene rings is 1. The molecule has 1 heterocycles. The highest BCUT2D eigenvalue weighted by Gasteiger charge is 2.17. The lowest BCUT2D eigenvalue weighted by Gasteiger charge is -1.99. The van der Waals surface area contributed by atoms with E-state index in [-0.39, 0.29) is 0 Å². The highest BCUT2D eigenvalue weighted by molar-refractivity contribution is 5.77. The van der Waals surface area contributed by atoms with Crippen molar-refractivity contribution in [1.29, 1.82) is 0 Å². The first-order valence-electron chi connectivity index (χ1n) is 3.71. The molecule has 1 aromatic heterocycles. The summed E-state index contributed by atoms with van der Waals surface area (Å²) >= 11 is 0. The SMILES string of the molecule is O=c1[nH]c2cc(F)c(F)c(F)c2c(=O)o1. The number of hydrogen-bond donors (Lipinski definition) is 1. The number of aromatic amines is 1. The van der Waals surface area contributed by atoms with Crippen molar-refractivity contribution in [3.05, 3.63) is 44.5 Å². The van der Waals surface area contributed by atoms with Crippen LogP contribution < -0.4 is 11.4 Å². The number of H-pyrrole nitrogens is 1. The molecule has 1 N–H and O–H groups in total. The van der Waals surface area contributed by atoms with E-state index in [1.807, 2.05) is 4.98 Å². The lowest BCUT2D eigenvalue weighted by molar-refractivity contribution is 0.435. The van der Waals surface area contributed by atoms with Gasteiger partial charge in [0.2, 0.25) is 0 Å². The van der Waals surface area contributed by atoms with Gasteiger partial charge < -0.3 is 4.42 Å². The van der Waals surface area contributed by atoms with Gasteiger partial charge in [0, 0.05) is 6.07 Å². The largest absolute Gasteiger partial charge is 0.419 e. The maximum atomic E-state index is 13.1. The number of hydrogen-bond acceptors (Lipinski definition) is 3. The summed E-state index contributed by atoms with van der Waals surface area (Å²) in [6, 6.07) is 0.506. The Balaban J connectivity index is 3.13. The molecule has 0 bridgehead atoms. The van der Waals surface area contributed by atoms with Crippen LogP contribution in [-0.4, -0.2) is 4.98 Å². The fraction of sp³-hybridized carbons (Fsp3) is 0. The minimum absolute atomic E-state index is 0.451. The summed E-state index contributed by atoms with van der Waals surface area (Å²) in [5.41, 5.74) is -1.81. The fourth-order valence-corrected chi connectivity index (χ4v) is 1.16. The first-order valence-corrected chi connectivity index (χ1v) is 3.71. The predicted molar refractivity (Wildman–Crippen MR) is 43.0 cm³/mol. The van der Waals surface area contributed by atoms with Crippen molar-refractivity contribution in [2.45, 2.75) is 0 Å². The Hall–Kier alpha value is -2.05. The molecular formula is C8H2F3NO3. The van der Waals surface area contributed by atoms with Crippen molar-refractivity contribution in [3.63, 3.8) is 0 Å². The van der Waals surface area contributed by atoms with Gasteiger partial charge in [-0.2, -0.15) is 0 Å². The van der Waals surface area contributed by atoms with Crippen LogP contribution in [0.3, 0.4) is 0 Å². The zero-order valence-corrected chi connectivity index (χ0v) is 6.94. The lowest BCUT2D eigenvalue weighted by atomic mass is 10.2. The summed E-state index contributed by atoms with van der Waals surface area (Å²) in [4.78, 5) is 23.5. The summed E-state index contributed by atoms with van der Waals surface area (Å²) in [5, 5.41) is -0.825. The van der Waals surface area contributed by atoms with Crippen LogP contribution >= 0.6 is 0 Å². The van der Waals surface area contributed by atoms with Gasteiger partial charge in [0.05, 0.1) is 5.52 Å². The van der Waals surface area contributed by atoms with Gasteiger partial charge in [0.1, 0.15) is 5.39 Å². The maximum absolute atomic E-state index is 13.1. The molecule has 0 saturated carbocycles. The molecule has 0 amide bonds. The Morgan fingerprint density at radius 1 is 1.13 bits per heavy atom. The lowest BCUT2D eigenvalue weighted by Crippen LogP contribution is -2.16. The summed E-state index contributed by atoms with van der Waals surface area (Å²) in [5.74, 6) is -6.14. The number of aromatic nitrogens is 1. The standard InChI is InChI=1S/C8H2F3NO3/c9-2-1-3-4(6(11)5(2)10)7(13)15-8(14)12-3/h1H,(H,12,14). The van der Waals surface area contributed by atoms with Crippen LogP contribution in [0.2, 0.25) is 0 Å². The third-order valence-electron chi connectivity index (χ3n) is 1.79. The van der Waals surface area contributed by atoms with E-state index in [2.05, 4.69) is 4.42 Å². The molecule has 0 radical (unpaired) electrons. The van der Waals surface area contributed by atoms with Crippen LogP contribution in [0.1, 0.15) is 0 Å². The van der Waals surface area contributed by atoms with Gasteiger partial charge in [-0.15, -0.1) is 0 Å². The molecule has 0 saturated heterocycles. The van der Waals surface area contributed by atoms with Crippen molar-refractivity contribution in [2.75, 3.05) is 0 Å². The monoisotopic (exact) mass is 217 g/mol. The molecular weight excluding hydrogens is 215 g/mol. The Kier molecular flexibility index (Phi) is 1.88. The van der Waals surface area contributed by atoms with Crippen molar-refractivity contribution in [1.82, 2.24) is 4.98 Å². The van der Waals surface area contributed by atoms with Gasteiger partial charge in [-0.3, -0.25) is 4.98 Å². The number of halogens is 3. The van der Waals surface area contributed by atoms with Crippen molar-refractivity contribution in [3.8, 4) is 0 Å². The van der Waals surface area contributed by atoms with E-state index >= 15 is 0 Å².